The van der Waals surface area contributed by atoms with Crippen LogP contribution in [0.2, 0.25) is 0 Å². The molecule has 0 aliphatic rings. The van der Waals surface area contributed by atoms with E-state index in [2.05, 4.69) is 62.0 Å². The van der Waals surface area contributed by atoms with Crippen molar-refractivity contribution in [3.63, 3.8) is 0 Å². The molecule has 0 aliphatic carbocycles. The van der Waals surface area contributed by atoms with Crippen molar-refractivity contribution in [3.8, 4) is 33.8 Å². The number of methoxy groups -OCH3 is 1. The maximum absolute atomic E-state index is 9.19. The van der Waals surface area contributed by atoms with Gasteiger partial charge in [0.15, 0.2) is 11.5 Å². The third-order valence-corrected chi connectivity index (χ3v) is 6.00. The van der Waals surface area contributed by atoms with Crippen LogP contribution in [-0.4, -0.2) is 38.6 Å². The van der Waals surface area contributed by atoms with Gasteiger partial charge in [-0.3, -0.25) is 0 Å². The van der Waals surface area contributed by atoms with Gasteiger partial charge in [-0.2, -0.15) is 0 Å². The van der Waals surface area contributed by atoms with E-state index < -0.39 is 0 Å². The molecular weight excluding hydrogens is 436 g/mol. The van der Waals surface area contributed by atoms with E-state index in [1.807, 2.05) is 18.2 Å². The Morgan fingerprint density at radius 3 is 1.97 bits per heavy atom. The molecule has 0 saturated heterocycles. The molecule has 35 heavy (non-hydrogen) atoms. The lowest BCUT2D eigenvalue weighted by atomic mass is 9.98. The third-order valence-electron chi connectivity index (χ3n) is 6.00. The number of unbranched alkanes of at least 4 members (excludes halogenated alkanes) is 2. The molecule has 0 fully saturated rings. The smallest absolute Gasteiger partial charge is 0.161 e. The van der Waals surface area contributed by atoms with Crippen molar-refractivity contribution in [2.24, 2.45) is 0 Å². The first-order chi connectivity index (χ1) is 17.1. The van der Waals surface area contributed by atoms with E-state index in [9.17, 15) is 5.11 Å². The lowest BCUT2D eigenvalue weighted by molar-refractivity contribution is 0.143. The molecule has 0 atom stereocenters. The summed E-state index contributed by atoms with van der Waals surface area (Å²) in [6, 6.07) is 23.5. The van der Waals surface area contributed by atoms with Crippen molar-refractivity contribution in [2.45, 2.75) is 39.0 Å². The van der Waals surface area contributed by atoms with Gasteiger partial charge in [0.1, 0.15) is 6.61 Å². The van der Waals surface area contributed by atoms with Gasteiger partial charge in [-0.05, 0) is 58.4 Å². The van der Waals surface area contributed by atoms with Crippen LogP contribution in [0.4, 0.5) is 0 Å². The van der Waals surface area contributed by atoms with Crippen molar-refractivity contribution in [2.75, 3.05) is 33.5 Å². The standard InChI is InChI=1S/C31H38O4/c1-4-5-6-7-25-8-10-26(11-9-25)27-12-14-28(15-13-27)29-16-17-30(35-21-20-33-3)31(22-29)34-19-18-24(2)23-32/h8-17,22,32H,2,4-7,18-21,23H2,1,3H3. The van der Waals surface area contributed by atoms with Crippen LogP contribution in [0.5, 0.6) is 11.5 Å². The Bertz CT molecular complexity index is 1040. The van der Waals surface area contributed by atoms with E-state index in [-0.39, 0.29) is 6.61 Å². The van der Waals surface area contributed by atoms with Crippen LogP contribution in [0.3, 0.4) is 0 Å². The molecule has 0 radical (unpaired) electrons. The number of aliphatic hydroxyl groups excluding tert-OH is 1. The number of rotatable bonds is 15. The highest BCUT2D eigenvalue weighted by Gasteiger charge is 2.10. The molecule has 4 nitrogen and oxygen atoms in total. The second-order valence-corrected chi connectivity index (χ2v) is 8.74. The van der Waals surface area contributed by atoms with Gasteiger partial charge in [-0.15, -0.1) is 0 Å². The van der Waals surface area contributed by atoms with E-state index in [1.54, 1.807) is 7.11 Å². The molecule has 3 aromatic carbocycles. The van der Waals surface area contributed by atoms with E-state index in [0.717, 1.165) is 23.1 Å². The van der Waals surface area contributed by atoms with Crippen LogP contribution in [0.15, 0.2) is 78.9 Å². The highest BCUT2D eigenvalue weighted by atomic mass is 16.5. The number of benzene rings is 3. The van der Waals surface area contributed by atoms with E-state index in [0.29, 0.717) is 37.7 Å². The quantitative estimate of drug-likeness (QED) is 0.189. The molecule has 0 bridgehead atoms. The first-order valence-electron chi connectivity index (χ1n) is 12.5. The summed E-state index contributed by atoms with van der Waals surface area (Å²) in [7, 11) is 1.65. The molecule has 4 heteroatoms. The molecule has 0 heterocycles. The first kappa shape index (κ1) is 26.5. The summed E-state index contributed by atoms with van der Waals surface area (Å²) in [5, 5.41) is 9.19. The predicted molar refractivity (Wildman–Crippen MR) is 144 cm³/mol. The van der Waals surface area contributed by atoms with Gasteiger partial charge >= 0.3 is 0 Å². The van der Waals surface area contributed by atoms with Gasteiger partial charge in [-0.25, -0.2) is 0 Å². The second kappa shape index (κ2) is 14.3. The van der Waals surface area contributed by atoms with E-state index >= 15 is 0 Å². The third kappa shape index (κ3) is 8.27. The molecule has 1 N–H and O–H groups in total. The molecule has 0 saturated carbocycles. The summed E-state index contributed by atoms with van der Waals surface area (Å²) in [6.45, 7) is 7.41. The van der Waals surface area contributed by atoms with E-state index in [1.165, 1.54) is 36.0 Å². The molecule has 3 aromatic rings. The summed E-state index contributed by atoms with van der Waals surface area (Å²) in [6.07, 6.45) is 5.53. The number of aliphatic hydroxyl groups is 1. The fourth-order valence-corrected chi connectivity index (χ4v) is 3.84. The number of aryl methyl sites for hydroxylation is 1. The zero-order valence-corrected chi connectivity index (χ0v) is 21.1. The average Bonchev–Trinajstić information content (AvgIpc) is 2.90. The van der Waals surface area contributed by atoms with Crippen LogP contribution in [0.1, 0.15) is 38.2 Å². The summed E-state index contributed by atoms with van der Waals surface area (Å²) in [5.74, 6) is 1.35. The molecule has 0 aromatic heterocycles. The Hall–Kier alpha value is -3.08. The summed E-state index contributed by atoms with van der Waals surface area (Å²) in [4.78, 5) is 0. The second-order valence-electron chi connectivity index (χ2n) is 8.74. The number of hydrogen-bond acceptors (Lipinski definition) is 4. The summed E-state index contributed by atoms with van der Waals surface area (Å²) >= 11 is 0. The maximum atomic E-state index is 9.19. The Labute approximate surface area is 210 Å². The number of hydrogen-bond donors (Lipinski definition) is 1. The van der Waals surface area contributed by atoms with Crippen LogP contribution >= 0.6 is 0 Å². The van der Waals surface area contributed by atoms with Gasteiger partial charge in [0.05, 0.1) is 19.8 Å². The first-order valence-corrected chi connectivity index (χ1v) is 12.5. The normalized spacial score (nSPS) is 10.8. The van der Waals surface area contributed by atoms with Gasteiger partial charge < -0.3 is 19.3 Å². The highest BCUT2D eigenvalue weighted by molar-refractivity contribution is 5.72. The van der Waals surface area contributed by atoms with Crippen LogP contribution in [0.25, 0.3) is 22.3 Å². The summed E-state index contributed by atoms with van der Waals surface area (Å²) < 4.78 is 16.9. The fraction of sp³-hybridized carbons (Fsp3) is 0.355. The van der Waals surface area contributed by atoms with Crippen molar-refractivity contribution < 1.29 is 19.3 Å². The van der Waals surface area contributed by atoms with Gasteiger partial charge in [-0.1, -0.05) is 80.9 Å². The Morgan fingerprint density at radius 2 is 1.34 bits per heavy atom. The Balaban J connectivity index is 1.73. The monoisotopic (exact) mass is 474 g/mol. The van der Waals surface area contributed by atoms with E-state index in [4.69, 9.17) is 14.2 Å². The van der Waals surface area contributed by atoms with Crippen molar-refractivity contribution in [1.29, 1.82) is 0 Å². The minimum absolute atomic E-state index is 0.0332. The molecule has 0 amide bonds. The van der Waals surface area contributed by atoms with Crippen LogP contribution in [-0.2, 0) is 11.2 Å². The molecule has 0 unspecified atom stereocenters. The molecule has 0 spiro atoms. The van der Waals surface area contributed by atoms with Crippen molar-refractivity contribution >= 4 is 0 Å². The molecule has 186 valence electrons. The predicted octanol–water partition coefficient (Wildman–Crippen LogP) is 7.10. The minimum Gasteiger partial charge on any atom is -0.489 e. The summed E-state index contributed by atoms with van der Waals surface area (Å²) in [5.41, 5.74) is 6.74. The van der Waals surface area contributed by atoms with Gasteiger partial charge in [0, 0.05) is 13.5 Å². The topological polar surface area (TPSA) is 47.9 Å². The number of ether oxygens (including phenoxy) is 3. The zero-order chi connectivity index (χ0) is 24.9. The SMILES string of the molecule is C=C(CO)CCOc1cc(-c2ccc(-c3ccc(CCCCC)cc3)cc2)ccc1OCCOC. The van der Waals surface area contributed by atoms with Crippen LogP contribution in [0, 0.1) is 0 Å². The lowest BCUT2D eigenvalue weighted by Gasteiger charge is -2.15. The van der Waals surface area contributed by atoms with Gasteiger partial charge in [0.25, 0.3) is 0 Å². The molecular formula is C31H38O4. The molecule has 0 aliphatic heterocycles. The Kier molecular flexibility index (Phi) is 10.9. The van der Waals surface area contributed by atoms with Gasteiger partial charge in [0.2, 0.25) is 0 Å². The fourth-order valence-electron chi connectivity index (χ4n) is 3.84. The Morgan fingerprint density at radius 1 is 0.743 bits per heavy atom. The largest absolute Gasteiger partial charge is 0.489 e. The van der Waals surface area contributed by atoms with Crippen LogP contribution < -0.4 is 9.47 Å². The maximum Gasteiger partial charge on any atom is 0.161 e. The van der Waals surface area contributed by atoms with Crippen molar-refractivity contribution in [1.82, 2.24) is 0 Å². The zero-order valence-electron chi connectivity index (χ0n) is 21.1. The average molecular weight is 475 g/mol. The molecule has 3 rings (SSSR count). The highest BCUT2D eigenvalue weighted by Crippen LogP contribution is 2.34. The minimum atomic E-state index is -0.0332. The lowest BCUT2D eigenvalue weighted by Crippen LogP contribution is -2.07. The van der Waals surface area contributed by atoms with Crippen molar-refractivity contribution in [3.05, 3.63) is 84.4 Å².